The van der Waals surface area contributed by atoms with Gasteiger partial charge in [-0.3, -0.25) is 18.8 Å². The van der Waals surface area contributed by atoms with Gasteiger partial charge >= 0.3 is 6.18 Å². The molecule has 41 heavy (non-hydrogen) atoms. The third-order valence-corrected chi connectivity index (χ3v) is 8.80. The fourth-order valence-corrected chi connectivity index (χ4v) is 6.25. The minimum Gasteiger partial charge on any atom is -0.351 e. The first-order chi connectivity index (χ1) is 19.3. The van der Waals surface area contributed by atoms with Gasteiger partial charge in [-0.25, -0.2) is 13.2 Å². The van der Waals surface area contributed by atoms with Gasteiger partial charge in [0.1, 0.15) is 23.3 Å². The highest BCUT2D eigenvalue weighted by Crippen LogP contribution is 2.48. The molecule has 2 saturated carbocycles. The molecule has 0 aromatic carbocycles. The van der Waals surface area contributed by atoms with Crippen LogP contribution in [0.2, 0.25) is 0 Å². The Balaban J connectivity index is 1.25. The van der Waals surface area contributed by atoms with Crippen molar-refractivity contribution in [2.24, 2.45) is 18.9 Å². The summed E-state index contributed by atoms with van der Waals surface area (Å²) in [6.45, 7) is -0.230. The Kier molecular flexibility index (Phi) is 6.54. The molecule has 220 valence electrons. The summed E-state index contributed by atoms with van der Waals surface area (Å²) in [5.74, 6) is -5.55. The Hall–Kier alpha value is -3.63. The van der Waals surface area contributed by atoms with Crippen molar-refractivity contribution >= 4 is 39.9 Å². The van der Waals surface area contributed by atoms with Gasteiger partial charge in [0.2, 0.25) is 11.9 Å². The second-order valence-electron chi connectivity index (χ2n) is 10.5. The summed E-state index contributed by atoms with van der Waals surface area (Å²) in [6.07, 6.45) is -3.37. The molecule has 10 nitrogen and oxygen atoms in total. The molecule has 3 N–H and O–H groups in total. The van der Waals surface area contributed by atoms with E-state index in [4.69, 9.17) is 0 Å². The lowest BCUT2D eigenvalue weighted by Crippen LogP contribution is -2.29. The zero-order valence-corrected chi connectivity index (χ0v) is 22.3. The number of aromatic nitrogens is 5. The van der Waals surface area contributed by atoms with E-state index in [1.165, 1.54) is 24.7 Å². The van der Waals surface area contributed by atoms with Crippen LogP contribution in [-0.2, 0) is 30.9 Å². The molecule has 3 aliphatic carbocycles. The average molecular weight is 603 g/mol. The first kappa shape index (κ1) is 27.5. The van der Waals surface area contributed by atoms with Crippen molar-refractivity contribution in [1.29, 1.82) is 0 Å². The number of carbonyl (C=O) groups excluding carboxylic acids is 2. The van der Waals surface area contributed by atoms with Crippen LogP contribution in [-0.4, -0.2) is 55.0 Å². The first-order valence-electron chi connectivity index (χ1n) is 12.8. The molecule has 2 amide bonds. The van der Waals surface area contributed by atoms with Crippen LogP contribution in [0.5, 0.6) is 0 Å². The number of carbonyl (C=O) groups is 2. The molecule has 3 aliphatic rings. The van der Waals surface area contributed by atoms with E-state index in [0.717, 1.165) is 15.6 Å². The van der Waals surface area contributed by atoms with E-state index in [-0.39, 0.29) is 54.2 Å². The number of nitrogens with one attached hydrogen (secondary N) is 3. The standard InChI is InChI=1S/C24H24F6N8O2S/c1-37-17(6-16(36-37)24(28,29)30)33-22-35-32-9-38(22)11-2-3-15-13(4-11)18(20(40)31-8-10-7-23(10,26)27)21(41-15)34-19(39)12-5-14(12)25/h6,9-12,14H,2-5,7-8H2,1H3,(H,31,40)(H,33,35)(H,34,39)/t10-,11?,12+,14-/m1/s1. The van der Waals surface area contributed by atoms with E-state index in [2.05, 4.69) is 31.2 Å². The van der Waals surface area contributed by atoms with Gasteiger partial charge in [-0.05, 0) is 31.2 Å². The van der Waals surface area contributed by atoms with Crippen LogP contribution in [0.4, 0.5) is 43.1 Å². The summed E-state index contributed by atoms with van der Waals surface area (Å²) in [5.41, 5.74) is -0.325. The Morgan fingerprint density at radius 1 is 1.27 bits per heavy atom. The molecule has 2 fully saturated rings. The Bertz CT molecular complexity index is 1510. The molecule has 0 spiro atoms. The number of anilines is 3. The van der Waals surface area contributed by atoms with Crippen LogP contribution >= 0.6 is 11.3 Å². The van der Waals surface area contributed by atoms with Gasteiger partial charge in [0.25, 0.3) is 11.8 Å². The smallest absolute Gasteiger partial charge is 0.351 e. The van der Waals surface area contributed by atoms with Crippen molar-refractivity contribution < 1.29 is 35.9 Å². The first-order valence-corrected chi connectivity index (χ1v) is 13.7. The van der Waals surface area contributed by atoms with E-state index in [9.17, 15) is 35.9 Å². The molecule has 1 unspecified atom stereocenters. The fourth-order valence-electron chi connectivity index (χ4n) is 5.00. The van der Waals surface area contributed by atoms with E-state index < -0.39 is 47.6 Å². The molecule has 0 aliphatic heterocycles. The van der Waals surface area contributed by atoms with Gasteiger partial charge in [0, 0.05) is 42.9 Å². The van der Waals surface area contributed by atoms with Crippen molar-refractivity contribution in [3.05, 3.63) is 34.1 Å². The molecular formula is C24H24F6N8O2S. The third-order valence-electron chi connectivity index (χ3n) is 7.59. The van der Waals surface area contributed by atoms with E-state index >= 15 is 0 Å². The Labute approximate surface area is 232 Å². The van der Waals surface area contributed by atoms with Crippen molar-refractivity contribution in [3.8, 4) is 0 Å². The number of fused-ring (bicyclic) bond motifs is 1. The molecule has 3 aromatic rings. The quantitative estimate of drug-likeness (QED) is 0.332. The van der Waals surface area contributed by atoms with Crippen LogP contribution in [0, 0.1) is 11.8 Å². The zero-order chi connectivity index (χ0) is 29.3. The summed E-state index contributed by atoms with van der Waals surface area (Å²) in [6, 6.07) is 0.519. The Morgan fingerprint density at radius 3 is 2.63 bits per heavy atom. The summed E-state index contributed by atoms with van der Waals surface area (Å²) in [4.78, 5) is 26.6. The lowest BCUT2D eigenvalue weighted by Gasteiger charge is -2.25. The van der Waals surface area contributed by atoms with Crippen LogP contribution in [0.1, 0.15) is 51.8 Å². The maximum absolute atomic E-state index is 13.5. The number of nitrogens with zero attached hydrogens (tertiary/aromatic N) is 5. The van der Waals surface area contributed by atoms with Crippen LogP contribution < -0.4 is 16.0 Å². The summed E-state index contributed by atoms with van der Waals surface area (Å²) in [5, 5.41) is 19.6. The van der Waals surface area contributed by atoms with Crippen LogP contribution in [0.25, 0.3) is 0 Å². The molecule has 6 rings (SSSR count). The van der Waals surface area contributed by atoms with Crippen molar-refractivity contribution in [2.45, 2.75) is 56.4 Å². The van der Waals surface area contributed by atoms with Crippen molar-refractivity contribution in [3.63, 3.8) is 0 Å². The predicted molar refractivity (Wildman–Crippen MR) is 134 cm³/mol. The second kappa shape index (κ2) is 9.73. The van der Waals surface area contributed by atoms with Crippen molar-refractivity contribution in [1.82, 2.24) is 29.9 Å². The van der Waals surface area contributed by atoms with Gasteiger partial charge in [0.15, 0.2) is 5.69 Å². The SMILES string of the molecule is Cn1nc(C(F)(F)F)cc1Nc1nncn1C1CCc2sc(NC(=O)[C@H]3C[C@H]3F)c(C(=O)NC[C@H]3CC3(F)F)c2C1. The molecule has 4 atom stereocenters. The monoisotopic (exact) mass is 602 g/mol. The predicted octanol–water partition coefficient (Wildman–Crippen LogP) is 4.25. The van der Waals surface area contributed by atoms with Gasteiger partial charge in [-0.15, -0.1) is 21.5 Å². The third kappa shape index (κ3) is 5.38. The molecule has 3 heterocycles. The zero-order valence-electron chi connectivity index (χ0n) is 21.4. The topological polar surface area (TPSA) is 119 Å². The normalized spacial score (nSPS) is 24.5. The number of halogens is 6. The number of rotatable bonds is 8. The summed E-state index contributed by atoms with van der Waals surface area (Å²) >= 11 is 1.19. The highest BCUT2D eigenvalue weighted by atomic mass is 32.1. The minimum absolute atomic E-state index is 0.0341. The minimum atomic E-state index is -4.63. The molecule has 0 bridgehead atoms. The van der Waals surface area contributed by atoms with Crippen LogP contribution in [0.15, 0.2) is 12.4 Å². The maximum Gasteiger partial charge on any atom is 0.435 e. The highest BCUT2D eigenvalue weighted by molar-refractivity contribution is 7.17. The number of thiophene rings is 1. The number of alkyl halides is 6. The number of amides is 2. The van der Waals surface area contributed by atoms with Gasteiger partial charge < -0.3 is 16.0 Å². The van der Waals surface area contributed by atoms with E-state index in [1.807, 2.05) is 0 Å². The maximum atomic E-state index is 13.5. The molecule has 3 aromatic heterocycles. The number of hydrogen-bond donors (Lipinski definition) is 3. The summed E-state index contributed by atoms with van der Waals surface area (Å²) in [7, 11) is 1.35. The lowest BCUT2D eigenvalue weighted by molar-refractivity contribution is -0.141. The van der Waals surface area contributed by atoms with E-state index in [1.54, 1.807) is 4.57 Å². The van der Waals surface area contributed by atoms with Crippen molar-refractivity contribution in [2.75, 3.05) is 17.2 Å². The molecule has 0 radical (unpaired) electrons. The largest absolute Gasteiger partial charge is 0.435 e. The number of hydrogen-bond acceptors (Lipinski definition) is 7. The lowest BCUT2D eigenvalue weighted by atomic mass is 9.91. The second-order valence-corrected chi connectivity index (χ2v) is 11.7. The molecule has 0 saturated heterocycles. The Morgan fingerprint density at radius 2 is 2.00 bits per heavy atom. The molecular weight excluding hydrogens is 578 g/mol. The van der Waals surface area contributed by atoms with E-state index in [0.29, 0.717) is 18.4 Å². The number of aryl methyl sites for hydroxylation is 2. The summed E-state index contributed by atoms with van der Waals surface area (Å²) < 4.78 is 82.3. The molecule has 17 heteroatoms. The average Bonchev–Trinajstić information content (AvgIpc) is 3.50. The van der Waals surface area contributed by atoms with Gasteiger partial charge in [-0.1, -0.05) is 0 Å². The fraction of sp³-hybridized carbons (Fsp3) is 0.542. The van der Waals surface area contributed by atoms with Gasteiger partial charge in [-0.2, -0.15) is 18.3 Å². The van der Waals surface area contributed by atoms with Gasteiger partial charge in [0.05, 0.1) is 11.5 Å². The highest BCUT2D eigenvalue weighted by Gasteiger charge is 2.56. The van der Waals surface area contributed by atoms with Crippen LogP contribution in [0.3, 0.4) is 0 Å².